The molecule has 0 saturated heterocycles. The van der Waals surface area contributed by atoms with Crippen molar-refractivity contribution in [2.75, 3.05) is 0 Å². The Morgan fingerprint density at radius 2 is 2.18 bits per heavy atom. The van der Waals surface area contributed by atoms with Crippen LogP contribution >= 0.6 is 11.8 Å². The Balaban J connectivity index is 2.16. The molecule has 0 saturated carbocycles. The van der Waals surface area contributed by atoms with E-state index in [1.165, 1.54) is 5.56 Å². The molecule has 0 fully saturated rings. The lowest BCUT2D eigenvalue weighted by Crippen LogP contribution is -1.92. The van der Waals surface area contributed by atoms with Crippen LogP contribution in [0.15, 0.2) is 47.6 Å². The van der Waals surface area contributed by atoms with Crippen molar-refractivity contribution in [1.82, 2.24) is 9.78 Å². The van der Waals surface area contributed by atoms with Gasteiger partial charge in [0.2, 0.25) is 0 Å². The highest BCUT2D eigenvalue weighted by molar-refractivity contribution is 7.99. The van der Waals surface area contributed by atoms with Crippen molar-refractivity contribution >= 4 is 11.8 Å². The van der Waals surface area contributed by atoms with Gasteiger partial charge < -0.3 is 0 Å². The van der Waals surface area contributed by atoms with Gasteiger partial charge in [-0.05, 0) is 5.56 Å². The van der Waals surface area contributed by atoms with Crippen LogP contribution in [-0.4, -0.2) is 9.78 Å². The standard InChI is InChI=1S/C13H13N3S/c1-16-10-12(9-15-16)17-13(7-8-14)11-5-3-2-4-6-11/h2-6,9-10,13H,7H2,1H3. The van der Waals surface area contributed by atoms with Crippen LogP contribution in [0.3, 0.4) is 0 Å². The molecule has 0 radical (unpaired) electrons. The Morgan fingerprint density at radius 3 is 2.76 bits per heavy atom. The SMILES string of the molecule is Cn1cc(SC(CC#N)c2ccccc2)cn1. The van der Waals surface area contributed by atoms with Crippen molar-refractivity contribution in [1.29, 1.82) is 5.26 Å². The molecule has 0 aliphatic rings. The van der Waals surface area contributed by atoms with E-state index < -0.39 is 0 Å². The number of rotatable bonds is 4. The molecule has 0 amide bonds. The third-order valence-corrected chi connectivity index (χ3v) is 3.61. The first-order valence-electron chi connectivity index (χ1n) is 5.37. The molecule has 0 aliphatic carbocycles. The van der Waals surface area contributed by atoms with E-state index in [1.54, 1.807) is 16.4 Å². The van der Waals surface area contributed by atoms with Crippen LogP contribution in [0.5, 0.6) is 0 Å². The Kier molecular flexibility index (Phi) is 3.84. The van der Waals surface area contributed by atoms with Crippen molar-refractivity contribution in [3.63, 3.8) is 0 Å². The molecule has 4 heteroatoms. The lowest BCUT2D eigenvalue weighted by atomic mass is 10.1. The van der Waals surface area contributed by atoms with Gasteiger partial charge in [-0.3, -0.25) is 4.68 Å². The molecule has 86 valence electrons. The van der Waals surface area contributed by atoms with Gasteiger partial charge in [0.1, 0.15) is 0 Å². The average Bonchev–Trinajstić information content (AvgIpc) is 2.75. The van der Waals surface area contributed by atoms with E-state index in [2.05, 4.69) is 23.3 Å². The molecule has 17 heavy (non-hydrogen) atoms. The summed E-state index contributed by atoms with van der Waals surface area (Å²) in [5.41, 5.74) is 1.18. The zero-order chi connectivity index (χ0) is 12.1. The Morgan fingerprint density at radius 1 is 1.41 bits per heavy atom. The first kappa shape index (κ1) is 11.7. The number of thioether (sulfide) groups is 1. The number of nitriles is 1. The summed E-state index contributed by atoms with van der Waals surface area (Å²) in [5, 5.41) is 13.2. The van der Waals surface area contributed by atoms with Gasteiger partial charge in [-0.15, -0.1) is 11.8 Å². The summed E-state index contributed by atoms with van der Waals surface area (Å²) in [6.45, 7) is 0. The second-order valence-corrected chi connectivity index (χ2v) is 5.01. The molecule has 2 rings (SSSR count). The summed E-state index contributed by atoms with van der Waals surface area (Å²) in [4.78, 5) is 1.09. The average molecular weight is 243 g/mol. The van der Waals surface area contributed by atoms with Crippen LogP contribution in [0.2, 0.25) is 0 Å². The van der Waals surface area contributed by atoms with Gasteiger partial charge >= 0.3 is 0 Å². The minimum atomic E-state index is 0.172. The molecule has 0 aliphatic heterocycles. The largest absolute Gasteiger partial charge is 0.275 e. The number of aromatic nitrogens is 2. The molecule has 3 nitrogen and oxygen atoms in total. The fourth-order valence-corrected chi connectivity index (χ4v) is 2.70. The smallest absolute Gasteiger partial charge is 0.0637 e. The Labute approximate surface area is 105 Å². The van der Waals surface area contributed by atoms with Crippen LogP contribution in [0, 0.1) is 11.3 Å². The lowest BCUT2D eigenvalue weighted by molar-refractivity contribution is 0.766. The Hall–Kier alpha value is -1.73. The molecule has 2 aromatic rings. The molecule has 1 aromatic heterocycles. The minimum absolute atomic E-state index is 0.172. The van der Waals surface area contributed by atoms with Crippen molar-refractivity contribution in [3.05, 3.63) is 48.3 Å². The second-order valence-electron chi connectivity index (χ2n) is 3.73. The zero-order valence-electron chi connectivity index (χ0n) is 9.58. The summed E-state index contributed by atoms with van der Waals surface area (Å²) in [6, 6.07) is 12.4. The van der Waals surface area contributed by atoms with E-state index in [-0.39, 0.29) is 5.25 Å². The first-order chi connectivity index (χ1) is 8.29. The number of hydrogen-bond acceptors (Lipinski definition) is 3. The maximum absolute atomic E-state index is 8.90. The summed E-state index contributed by atoms with van der Waals surface area (Å²) < 4.78 is 1.77. The predicted molar refractivity (Wildman–Crippen MR) is 68.5 cm³/mol. The van der Waals surface area contributed by atoms with Crippen LogP contribution in [0.4, 0.5) is 0 Å². The molecule has 1 heterocycles. The highest BCUT2D eigenvalue weighted by Gasteiger charge is 2.13. The van der Waals surface area contributed by atoms with E-state index >= 15 is 0 Å². The molecule has 1 aromatic carbocycles. The van der Waals surface area contributed by atoms with Gasteiger partial charge in [-0.2, -0.15) is 10.4 Å². The van der Waals surface area contributed by atoms with Crippen LogP contribution in [-0.2, 0) is 7.05 Å². The van der Waals surface area contributed by atoms with E-state index in [0.717, 1.165) is 4.90 Å². The third-order valence-electron chi connectivity index (χ3n) is 2.41. The number of aryl methyl sites for hydroxylation is 1. The molecule has 0 spiro atoms. The molecule has 0 bridgehead atoms. The van der Waals surface area contributed by atoms with Gasteiger partial charge in [0.05, 0.1) is 18.7 Å². The topological polar surface area (TPSA) is 41.6 Å². The normalized spacial score (nSPS) is 12.0. The summed E-state index contributed by atoms with van der Waals surface area (Å²) >= 11 is 1.68. The van der Waals surface area contributed by atoms with Gasteiger partial charge in [-0.1, -0.05) is 30.3 Å². The van der Waals surface area contributed by atoms with E-state index in [1.807, 2.05) is 37.6 Å². The van der Waals surface area contributed by atoms with Gasteiger partial charge in [0.15, 0.2) is 0 Å². The van der Waals surface area contributed by atoms with E-state index in [4.69, 9.17) is 5.26 Å². The van der Waals surface area contributed by atoms with Crippen molar-refractivity contribution in [2.24, 2.45) is 7.05 Å². The summed E-state index contributed by atoms with van der Waals surface area (Å²) in [5.74, 6) is 0. The number of nitrogens with zero attached hydrogens (tertiary/aromatic N) is 3. The summed E-state index contributed by atoms with van der Waals surface area (Å²) in [6.07, 6.45) is 4.31. The highest BCUT2D eigenvalue weighted by Crippen LogP contribution is 2.36. The predicted octanol–water partition coefficient (Wildman–Crippen LogP) is 3.17. The van der Waals surface area contributed by atoms with Crippen molar-refractivity contribution < 1.29 is 0 Å². The molecule has 0 N–H and O–H groups in total. The second kappa shape index (κ2) is 5.55. The molecule has 1 unspecified atom stereocenters. The maximum atomic E-state index is 8.90. The van der Waals surface area contributed by atoms with Crippen LogP contribution in [0.1, 0.15) is 17.2 Å². The first-order valence-corrected chi connectivity index (χ1v) is 6.25. The van der Waals surface area contributed by atoms with E-state index in [9.17, 15) is 0 Å². The molecular formula is C13H13N3S. The lowest BCUT2D eigenvalue weighted by Gasteiger charge is -2.12. The fourth-order valence-electron chi connectivity index (χ4n) is 1.60. The van der Waals surface area contributed by atoms with Gasteiger partial charge in [-0.25, -0.2) is 0 Å². The number of benzene rings is 1. The monoisotopic (exact) mass is 243 g/mol. The zero-order valence-corrected chi connectivity index (χ0v) is 10.4. The van der Waals surface area contributed by atoms with Crippen LogP contribution < -0.4 is 0 Å². The van der Waals surface area contributed by atoms with Gasteiger partial charge in [0.25, 0.3) is 0 Å². The Bertz CT molecular complexity index is 513. The number of hydrogen-bond donors (Lipinski definition) is 0. The van der Waals surface area contributed by atoms with Crippen molar-refractivity contribution in [2.45, 2.75) is 16.6 Å². The highest BCUT2D eigenvalue weighted by atomic mass is 32.2. The minimum Gasteiger partial charge on any atom is -0.275 e. The fraction of sp³-hybridized carbons (Fsp3) is 0.231. The quantitative estimate of drug-likeness (QED) is 0.774. The molecular weight excluding hydrogens is 230 g/mol. The van der Waals surface area contributed by atoms with Crippen LogP contribution in [0.25, 0.3) is 0 Å². The molecule has 1 atom stereocenters. The van der Waals surface area contributed by atoms with E-state index in [0.29, 0.717) is 6.42 Å². The third kappa shape index (κ3) is 3.11. The summed E-state index contributed by atoms with van der Waals surface area (Å²) in [7, 11) is 1.89. The van der Waals surface area contributed by atoms with Gasteiger partial charge in [0, 0.05) is 23.4 Å². The maximum Gasteiger partial charge on any atom is 0.0637 e. The van der Waals surface area contributed by atoms with Crippen molar-refractivity contribution in [3.8, 4) is 6.07 Å².